The Hall–Kier alpha value is -6.13. The molecular weight excluding hydrogens is 965 g/mol. The second-order valence-corrected chi connectivity index (χ2v) is 14.0. The SMILES string of the molecule is Brc1cc2ccccc2[n+](Cc2ccccc2)c1.Fc1c(F)c(F)c([B-](c2c(F)c(F)c(F)c(F)c2F)(c2c(F)c(F)c(F)c(F)c2F)c2c(F)c(F)c(F)c(F)c2F)c(F)c1F. The van der Waals surface area contributed by atoms with Crippen molar-refractivity contribution in [2.24, 2.45) is 0 Å². The number of fused-ring (bicyclic) bond motifs is 1. The first-order valence-electron chi connectivity index (χ1n) is 16.9. The van der Waals surface area contributed by atoms with E-state index in [2.05, 4.69) is 81.3 Å². The van der Waals surface area contributed by atoms with Crippen LogP contribution in [-0.4, -0.2) is 6.15 Å². The summed E-state index contributed by atoms with van der Waals surface area (Å²) in [6.07, 6.45) is -5.08. The Morgan fingerprint density at radius 2 is 0.619 bits per heavy atom. The minimum absolute atomic E-state index is 0.890. The molecule has 0 fully saturated rings. The number of aromatic nitrogens is 1. The zero-order valence-electron chi connectivity index (χ0n) is 30.0. The number of halogens is 21. The van der Waals surface area contributed by atoms with Crippen LogP contribution in [0.15, 0.2) is 71.3 Å². The van der Waals surface area contributed by atoms with Crippen molar-refractivity contribution in [3.05, 3.63) is 193 Å². The van der Waals surface area contributed by atoms with Gasteiger partial charge in [0.15, 0.2) is 82.5 Å². The maximum atomic E-state index is 15.4. The molecule has 1 heterocycles. The van der Waals surface area contributed by atoms with Gasteiger partial charge in [0, 0.05) is 17.0 Å². The molecule has 0 N–H and O–H groups in total. The third-order valence-electron chi connectivity index (χ3n) is 9.72. The average Bonchev–Trinajstić information content (AvgIpc) is 3.26. The maximum absolute atomic E-state index is 15.4. The number of hydrogen-bond donors (Lipinski definition) is 0. The van der Waals surface area contributed by atoms with Gasteiger partial charge in [-0.15, -0.1) is 21.9 Å². The van der Waals surface area contributed by atoms with Crippen molar-refractivity contribution in [3.63, 3.8) is 0 Å². The molecule has 0 amide bonds. The Morgan fingerprint density at radius 1 is 0.349 bits per heavy atom. The van der Waals surface area contributed by atoms with E-state index < -0.39 is 144 Å². The van der Waals surface area contributed by atoms with E-state index in [0.29, 0.717) is 0 Å². The average molecular weight is 978 g/mol. The molecule has 0 saturated heterocycles. The van der Waals surface area contributed by atoms with Crippen molar-refractivity contribution < 1.29 is 92.4 Å². The van der Waals surface area contributed by atoms with E-state index in [1.807, 2.05) is 6.07 Å². The number of hydrogen-bond acceptors (Lipinski definition) is 0. The lowest BCUT2D eigenvalue weighted by molar-refractivity contribution is -0.662. The summed E-state index contributed by atoms with van der Waals surface area (Å²) in [5.41, 5.74) is -11.8. The number of nitrogens with zero attached hydrogens (tertiary/aromatic N) is 1. The predicted molar refractivity (Wildman–Crippen MR) is 187 cm³/mol. The molecule has 0 saturated carbocycles. The molecule has 1 nitrogen and oxygen atoms in total. The predicted octanol–water partition coefficient (Wildman–Crippen LogP) is 9.78. The third-order valence-corrected chi connectivity index (χ3v) is 10.2. The third kappa shape index (κ3) is 7.32. The quantitative estimate of drug-likeness (QED) is 0.0514. The molecule has 6 aromatic carbocycles. The lowest BCUT2D eigenvalue weighted by Gasteiger charge is -2.44. The smallest absolute Gasteiger partial charge is 0.207 e. The topological polar surface area (TPSA) is 3.88 Å². The van der Waals surface area contributed by atoms with Gasteiger partial charge in [-0.05, 0) is 28.1 Å². The highest BCUT2D eigenvalue weighted by atomic mass is 79.9. The Morgan fingerprint density at radius 3 is 0.937 bits per heavy atom. The molecule has 0 atom stereocenters. The van der Waals surface area contributed by atoms with E-state index >= 15 is 35.1 Å². The van der Waals surface area contributed by atoms with E-state index in [1.165, 1.54) is 16.5 Å². The van der Waals surface area contributed by atoms with Gasteiger partial charge in [-0.1, -0.05) is 42.5 Å². The standard InChI is InChI=1S/C24BF20.C16H13BrN/c26-5-1(6(27)14(35)21(42)13(5)34)25(2-7(28)15(36)22(43)16(37)8(2)29,3-9(30)17(38)23(44)18(39)10(3)31)4-11(32)19(40)24(45)20(41)12(4)33;17-15-10-14-8-4-5-9-16(14)18(12-15)11-13-6-2-1-3-7-13/h;1-10,12H,11H2/q-1;+1. The summed E-state index contributed by atoms with van der Waals surface area (Å²) in [5, 5.41) is 1.25. The fourth-order valence-electron chi connectivity index (χ4n) is 7.06. The summed E-state index contributed by atoms with van der Waals surface area (Å²) in [4.78, 5) is 0. The number of benzene rings is 6. The molecule has 0 bridgehead atoms. The van der Waals surface area contributed by atoms with Crippen LogP contribution in [0.1, 0.15) is 5.56 Å². The van der Waals surface area contributed by atoms with Gasteiger partial charge in [0.2, 0.25) is 5.52 Å². The molecule has 7 rings (SSSR count). The first-order valence-corrected chi connectivity index (χ1v) is 17.7. The highest BCUT2D eigenvalue weighted by Crippen LogP contribution is 2.31. The minimum Gasteiger partial charge on any atom is -0.207 e. The zero-order chi connectivity index (χ0) is 46.7. The van der Waals surface area contributed by atoms with Crippen LogP contribution in [0.5, 0.6) is 0 Å². The molecule has 0 aliphatic rings. The van der Waals surface area contributed by atoms with Crippen LogP contribution >= 0.6 is 15.9 Å². The largest absolute Gasteiger partial charge is 0.212 e. The highest BCUT2D eigenvalue weighted by molar-refractivity contribution is 9.10. The Labute approximate surface area is 346 Å². The highest BCUT2D eigenvalue weighted by Gasteiger charge is 2.52. The van der Waals surface area contributed by atoms with Crippen LogP contribution in [0, 0.1) is 116 Å². The summed E-state index contributed by atoms with van der Waals surface area (Å²) in [6.45, 7) is 0.890. The summed E-state index contributed by atoms with van der Waals surface area (Å²) >= 11 is 3.58. The Bertz CT molecular complexity index is 2620. The lowest BCUT2D eigenvalue weighted by atomic mass is 9.12. The van der Waals surface area contributed by atoms with Crippen molar-refractivity contribution in [2.45, 2.75) is 6.54 Å². The van der Waals surface area contributed by atoms with E-state index in [1.54, 1.807) is 0 Å². The monoisotopic (exact) mass is 977 g/mol. The van der Waals surface area contributed by atoms with Crippen molar-refractivity contribution in [1.82, 2.24) is 0 Å². The second-order valence-electron chi connectivity index (χ2n) is 13.1. The van der Waals surface area contributed by atoms with Crippen molar-refractivity contribution in [3.8, 4) is 0 Å². The molecule has 328 valence electrons. The molecular formula is C40H13BBrF20N. The molecule has 0 aliphatic carbocycles. The van der Waals surface area contributed by atoms with Gasteiger partial charge in [-0.25, -0.2) is 87.8 Å². The molecule has 0 radical (unpaired) electrons. The van der Waals surface area contributed by atoms with Gasteiger partial charge in [-0.3, -0.25) is 0 Å². The van der Waals surface area contributed by atoms with Crippen molar-refractivity contribution in [2.75, 3.05) is 0 Å². The van der Waals surface area contributed by atoms with Crippen LogP contribution in [0.4, 0.5) is 87.8 Å². The van der Waals surface area contributed by atoms with Crippen LogP contribution in [0.2, 0.25) is 0 Å². The lowest BCUT2D eigenvalue weighted by Crippen LogP contribution is -2.81. The molecule has 63 heavy (non-hydrogen) atoms. The van der Waals surface area contributed by atoms with E-state index in [0.717, 1.165) is 11.0 Å². The van der Waals surface area contributed by atoms with Gasteiger partial charge >= 0.3 is 0 Å². The molecule has 0 spiro atoms. The fraction of sp³-hybridized carbons (Fsp3) is 0.0250. The summed E-state index contributed by atoms with van der Waals surface area (Å²) in [6, 6.07) is 21.1. The van der Waals surface area contributed by atoms with Gasteiger partial charge < -0.3 is 0 Å². The Kier molecular flexibility index (Phi) is 12.7. The molecule has 7 aromatic rings. The van der Waals surface area contributed by atoms with Crippen LogP contribution in [-0.2, 0) is 6.54 Å². The molecule has 1 aromatic heterocycles. The van der Waals surface area contributed by atoms with E-state index in [-0.39, 0.29) is 0 Å². The number of pyridine rings is 1. The van der Waals surface area contributed by atoms with Gasteiger partial charge in [0.1, 0.15) is 52.7 Å². The maximum Gasteiger partial charge on any atom is 0.212 e. The van der Waals surface area contributed by atoms with Crippen molar-refractivity contribution in [1.29, 1.82) is 0 Å². The van der Waals surface area contributed by atoms with Crippen LogP contribution in [0.25, 0.3) is 10.9 Å². The zero-order valence-corrected chi connectivity index (χ0v) is 31.6. The minimum atomic E-state index is -7.22. The summed E-state index contributed by atoms with van der Waals surface area (Å²) in [7, 11) is 0. The summed E-state index contributed by atoms with van der Waals surface area (Å²) in [5.74, 6) is -71.4. The molecule has 0 unspecified atom stereocenters. The van der Waals surface area contributed by atoms with Crippen molar-refractivity contribution >= 4 is 54.8 Å². The fourth-order valence-corrected chi connectivity index (χ4v) is 7.55. The van der Waals surface area contributed by atoms with Crippen LogP contribution < -0.4 is 26.4 Å². The van der Waals surface area contributed by atoms with Gasteiger partial charge in [-0.2, -0.15) is 4.57 Å². The first kappa shape index (κ1) is 46.4. The normalized spacial score (nSPS) is 11.6. The number of para-hydroxylation sites is 1. The van der Waals surface area contributed by atoms with E-state index in [9.17, 15) is 52.7 Å². The first-order chi connectivity index (χ1) is 29.5. The number of rotatable bonds is 6. The molecule has 23 heteroatoms. The second kappa shape index (κ2) is 17.2. The van der Waals surface area contributed by atoms with Crippen LogP contribution in [0.3, 0.4) is 0 Å². The van der Waals surface area contributed by atoms with Gasteiger partial charge in [0.25, 0.3) is 0 Å². The summed E-state index contributed by atoms with van der Waals surface area (Å²) < 4.78 is 297. The van der Waals surface area contributed by atoms with Gasteiger partial charge in [0.05, 0.1) is 4.47 Å². The Balaban J connectivity index is 0.000000302. The van der Waals surface area contributed by atoms with E-state index in [4.69, 9.17) is 0 Å². The molecule has 0 aliphatic heterocycles.